The molecule has 0 fully saturated rings. The van der Waals surface area contributed by atoms with Gasteiger partial charge in [0.2, 0.25) is 0 Å². The molecule has 0 aliphatic carbocycles. The first kappa shape index (κ1) is 12.2. The van der Waals surface area contributed by atoms with E-state index >= 15 is 0 Å². The van der Waals surface area contributed by atoms with Gasteiger partial charge in [0.15, 0.2) is 0 Å². The number of methoxy groups -OCH3 is 1. The molecule has 15 heavy (non-hydrogen) atoms. The molecule has 0 aliphatic heterocycles. The van der Waals surface area contributed by atoms with Crippen LogP contribution in [0.15, 0.2) is 16.5 Å². The Morgan fingerprint density at radius 1 is 1.47 bits per heavy atom. The molecule has 0 aromatic carbocycles. The Balaban J connectivity index is 2.34. The summed E-state index contributed by atoms with van der Waals surface area (Å²) < 4.78 is 10.4. The number of furan rings is 1. The summed E-state index contributed by atoms with van der Waals surface area (Å²) in [6.07, 6.45) is 1.02. The van der Waals surface area contributed by atoms with Crippen LogP contribution in [-0.2, 0) is 17.9 Å². The number of hydrogen-bond acceptors (Lipinski definition) is 4. The third kappa shape index (κ3) is 4.03. The Morgan fingerprint density at radius 3 is 2.73 bits per heavy atom. The van der Waals surface area contributed by atoms with Crippen molar-refractivity contribution in [1.29, 1.82) is 0 Å². The summed E-state index contributed by atoms with van der Waals surface area (Å²) in [5.74, 6) is 1.44. The van der Waals surface area contributed by atoms with Crippen LogP contribution in [0.25, 0.3) is 0 Å². The second-order valence-electron chi connectivity index (χ2n) is 3.47. The van der Waals surface area contributed by atoms with Crippen LogP contribution in [0.5, 0.6) is 0 Å². The van der Waals surface area contributed by atoms with Crippen molar-refractivity contribution in [2.75, 3.05) is 13.7 Å². The number of hydrogen-bond donors (Lipinski definition) is 2. The summed E-state index contributed by atoms with van der Waals surface area (Å²) in [5.41, 5.74) is 0. The van der Waals surface area contributed by atoms with E-state index in [0.29, 0.717) is 25.0 Å². The quantitative estimate of drug-likeness (QED) is 0.716. The molecule has 0 aliphatic rings. The fourth-order valence-corrected chi connectivity index (χ4v) is 1.37. The molecule has 1 heterocycles. The molecular formula is C11H19NO3. The molecule has 0 unspecified atom stereocenters. The normalized spacial score (nSPS) is 13.0. The van der Waals surface area contributed by atoms with Crippen LogP contribution in [0.1, 0.15) is 24.9 Å². The SMILES string of the molecule is CC[C@@H](COC)NCc1ccc(CO)o1. The van der Waals surface area contributed by atoms with Crippen molar-refractivity contribution in [2.45, 2.75) is 32.5 Å². The van der Waals surface area contributed by atoms with Gasteiger partial charge in [-0.15, -0.1) is 0 Å². The number of aliphatic hydroxyl groups excluding tert-OH is 1. The molecule has 1 atom stereocenters. The molecular weight excluding hydrogens is 194 g/mol. The topological polar surface area (TPSA) is 54.6 Å². The average Bonchev–Trinajstić information content (AvgIpc) is 2.72. The minimum absolute atomic E-state index is 0.0464. The van der Waals surface area contributed by atoms with Crippen molar-refractivity contribution < 1.29 is 14.3 Å². The Hall–Kier alpha value is -0.840. The molecule has 86 valence electrons. The number of aliphatic hydroxyl groups is 1. The summed E-state index contributed by atoms with van der Waals surface area (Å²) in [6, 6.07) is 4.00. The summed E-state index contributed by atoms with van der Waals surface area (Å²) >= 11 is 0. The van der Waals surface area contributed by atoms with Gasteiger partial charge in [0.1, 0.15) is 18.1 Å². The van der Waals surface area contributed by atoms with Gasteiger partial charge in [-0.3, -0.25) is 0 Å². The minimum atomic E-state index is -0.0464. The first-order valence-electron chi connectivity index (χ1n) is 5.21. The minimum Gasteiger partial charge on any atom is -0.462 e. The predicted molar refractivity (Wildman–Crippen MR) is 57.4 cm³/mol. The highest BCUT2D eigenvalue weighted by Crippen LogP contribution is 2.07. The van der Waals surface area contributed by atoms with Gasteiger partial charge < -0.3 is 19.6 Å². The van der Waals surface area contributed by atoms with Crippen molar-refractivity contribution in [3.05, 3.63) is 23.7 Å². The van der Waals surface area contributed by atoms with E-state index in [1.165, 1.54) is 0 Å². The van der Waals surface area contributed by atoms with Crippen LogP contribution in [-0.4, -0.2) is 24.9 Å². The lowest BCUT2D eigenvalue weighted by Gasteiger charge is -2.14. The van der Waals surface area contributed by atoms with Crippen LogP contribution in [0.3, 0.4) is 0 Å². The van der Waals surface area contributed by atoms with E-state index in [1.54, 1.807) is 13.2 Å². The average molecular weight is 213 g/mol. The molecule has 0 saturated heterocycles. The van der Waals surface area contributed by atoms with Crippen molar-refractivity contribution in [3.63, 3.8) is 0 Å². The third-order valence-corrected chi connectivity index (χ3v) is 2.30. The smallest absolute Gasteiger partial charge is 0.129 e. The summed E-state index contributed by atoms with van der Waals surface area (Å²) in [7, 11) is 1.70. The van der Waals surface area contributed by atoms with Gasteiger partial charge in [-0.25, -0.2) is 0 Å². The molecule has 0 amide bonds. The third-order valence-electron chi connectivity index (χ3n) is 2.30. The van der Waals surface area contributed by atoms with E-state index < -0.39 is 0 Å². The van der Waals surface area contributed by atoms with E-state index in [0.717, 1.165) is 12.2 Å². The van der Waals surface area contributed by atoms with E-state index in [2.05, 4.69) is 12.2 Å². The lowest BCUT2D eigenvalue weighted by molar-refractivity contribution is 0.162. The molecule has 4 nitrogen and oxygen atoms in total. The van der Waals surface area contributed by atoms with Gasteiger partial charge in [-0.2, -0.15) is 0 Å². The maximum Gasteiger partial charge on any atom is 0.129 e. The van der Waals surface area contributed by atoms with E-state index in [9.17, 15) is 0 Å². The number of ether oxygens (including phenoxy) is 1. The first-order valence-corrected chi connectivity index (χ1v) is 5.21. The molecule has 2 N–H and O–H groups in total. The van der Waals surface area contributed by atoms with Crippen LogP contribution in [0, 0.1) is 0 Å². The Labute approximate surface area is 90.2 Å². The van der Waals surface area contributed by atoms with Gasteiger partial charge in [-0.05, 0) is 18.6 Å². The van der Waals surface area contributed by atoms with E-state index in [1.807, 2.05) is 6.07 Å². The molecule has 1 aromatic heterocycles. The standard InChI is InChI=1S/C11H19NO3/c1-3-9(8-14-2)12-6-10-4-5-11(7-13)15-10/h4-5,9,12-13H,3,6-8H2,1-2H3/t9-/m0/s1. The monoisotopic (exact) mass is 213 g/mol. The molecule has 0 radical (unpaired) electrons. The molecule has 1 aromatic rings. The lowest BCUT2D eigenvalue weighted by Crippen LogP contribution is -2.31. The second kappa shape index (κ2) is 6.61. The highest BCUT2D eigenvalue weighted by molar-refractivity contribution is 5.06. The van der Waals surface area contributed by atoms with Crippen molar-refractivity contribution in [1.82, 2.24) is 5.32 Å². The first-order chi connectivity index (χ1) is 7.30. The second-order valence-corrected chi connectivity index (χ2v) is 3.47. The fraction of sp³-hybridized carbons (Fsp3) is 0.636. The molecule has 4 heteroatoms. The predicted octanol–water partition coefficient (Wildman–Crippen LogP) is 1.29. The van der Waals surface area contributed by atoms with Crippen LogP contribution in [0.4, 0.5) is 0 Å². The maximum absolute atomic E-state index is 8.82. The van der Waals surface area contributed by atoms with Crippen molar-refractivity contribution in [3.8, 4) is 0 Å². The Morgan fingerprint density at radius 2 is 2.20 bits per heavy atom. The van der Waals surface area contributed by atoms with E-state index in [4.69, 9.17) is 14.3 Å². The van der Waals surface area contributed by atoms with Gasteiger partial charge >= 0.3 is 0 Å². The zero-order valence-corrected chi connectivity index (χ0v) is 9.32. The summed E-state index contributed by atoms with van der Waals surface area (Å²) in [6.45, 7) is 3.43. The number of nitrogens with one attached hydrogen (secondary N) is 1. The van der Waals surface area contributed by atoms with Gasteiger partial charge in [-0.1, -0.05) is 6.92 Å². The molecule has 0 spiro atoms. The van der Waals surface area contributed by atoms with Crippen LogP contribution < -0.4 is 5.32 Å². The fourth-order valence-electron chi connectivity index (χ4n) is 1.37. The Kier molecular flexibility index (Phi) is 5.39. The van der Waals surface area contributed by atoms with Crippen LogP contribution in [0.2, 0.25) is 0 Å². The van der Waals surface area contributed by atoms with Gasteiger partial charge in [0.05, 0.1) is 13.2 Å². The van der Waals surface area contributed by atoms with Crippen molar-refractivity contribution in [2.24, 2.45) is 0 Å². The Bertz CT molecular complexity index is 273. The van der Waals surface area contributed by atoms with Gasteiger partial charge in [0.25, 0.3) is 0 Å². The highest BCUT2D eigenvalue weighted by atomic mass is 16.5. The summed E-state index contributed by atoms with van der Waals surface area (Å²) in [4.78, 5) is 0. The zero-order chi connectivity index (χ0) is 11.1. The molecule has 1 rings (SSSR count). The van der Waals surface area contributed by atoms with Crippen molar-refractivity contribution >= 4 is 0 Å². The lowest BCUT2D eigenvalue weighted by atomic mass is 10.2. The highest BCUT2D eigenvalue weighted by Gasteiger charge is 2.06. The molecule has 0 bridgehead atoms. The molecule has 0 saturated carbocycles. The van der Waals surface area contributed by atoms with E-state index in [-0.39, 0.29) is 6.61 Å². The summed E-state index contributed by atoms with van der Waals surface area (Å²) in [5, 5.41) is 12.1. The number of rotatable bonds is 7. The maximum atomic E-state index is 8.82. The van der Waals surface area contributed by atoms with Crippen LogP contribution >= 0.6 is 0 Å². The van der Waals surface area contributed by atoms with Gasteiger partial charge in [0, 0.05) is 13.2 Å². The zero-order valence-electron chi connectivity index (χ0n) is 9.32. The largest absolute Gasteiger partial charge is 0.462 e.